The van der Waals surface area contributed by atoms with Gasteiger partial charge in [0, 0.05) is 76.9 Å². The molecule has 1 aromatic heterocycles. The van der Waals surface area contributed by atoms with Gasteiger partial charge >= 0.3 is 0 Å². The van der Waals surface area contributed by atoms with E-state index in [0.717, 1.165) is 89.2 Å². The first kappa shape index (κ1) is 38.7. The van der Waals surface area contributed by atoms with Gasteiger partial charge in [0.2, 0.25) is 11.8 Å². The Kier molecular flexibility index (Phi) is 11.4. The van der Waals surface area contributed by atoms with Gasteiger partial charge in [0.05, 0.1) is 22.3 Å². The van der Waals surface area contributed by atoms with Crippen molar-refractivity contribution in [3.8, 4) is 11.8 Å². The molecule has 4 amide bonds. The summed E-state index contributed by atoms with van der Waals surface area (Å²) >= 11 is 6.14. The van der Waals surface area contributed by atoms with Crippen LogP contribution in [0.4, 0.5) is 10.2 Å². The topological polar surface area (TPSA) is 164 Å². The number of nitriles is 1. The van der Waals surface area contributed by atoms with Crippen LogP contribution in [0.25, 0.3) is 0 Å². The Morgan fingerprint density at radius 2 is 1.72 bits per heavy atom. The second kappa shape index (κ2) is 16.7. The number of piperidine rings is 2. The number of piperazine rings is 1. The van der Waals surface area contributed by atoms with Gasteiger partial charge in [-0.05, 0) is 86.4 Å². The summed E-state index contributed by atoms with van der Waals surface area (Å²) in [5.74, 6) is -0.758. The summed E-state index contributed by atoms with van der Waals surface area (Å²) in [7, 11) is 0. The Bertz CT molecular complexity index is 2070. The van der Waals surface area contributed by atoms with E-state index >= 15 is 4.39 Å². The third-order valence-electron chi connectivity index (χ3n) is 12.0. The molecule has 1 atom stereocenters. The molecule has 0 radical (unpaired) electrons. The van der Waals surface area contributed by atoms with E-state index in [4.69, 9.17) is 21.6 Å². The standard InChI is InChI=1S/C41H45ClFN9O5/c42-32-21-31(4-1-26(32)22-44)57-30-5-2-28(3-6-30)45-39(54)34-7-9-36(48-47-34)51-13-11-29(12-14-51)50-17-15-49(16-18-50)23-25-19-27-24-52(41(56)38(27)33(43)20-25)35-8-10-37(53)46-40(35)55/h1,4,7,9,19-21,28-30,35H,2-3,5-6,8,10-18,23-24H2,(H,45,54)(H,46,53,55)/t28-,30-,35?. The number of fused-ring (bicyclic) bond motifs is 1. The van der Waals surface area contributed by atoms with E-state index < -0.39 is 23.7 Å². The lowest BCUT2D eigenvalue weighted by atomic mass is 9.93. The molecule has 2 N–H and O–H groups in total. The lowest BCUT2D eigenvalue weighted by Gasteiger charge is -2.43. The summed E-state index contributed by atoms with van der Waals surface area (Å²) in [5.41, 5.74) is 2.12. The highest BCUT2D eigenvalue weighted by Crippen LogP contribution is 2.32. The number of ether oxygens (including phenoxy) is 1. The Morgan fingerprint density at radius 1 is 0.947 bits per heavy atom. The number of carbonyl (C=O) groups is 4. The predicted molar refractivity (Wildman–Crippen MR) is 207 cm³/mol. The minimum atomic E-state index is -0.772. The minimum Gasteiger partial charge on any atom is -0.490 e. The molecule has 4 aliphatic heterocycles. The molecule has 2 aromatic carbocycles. The Morgan fingerprint density at radius 3 is 2.40 bits per heavy atom. The average Bonchev–Trinajstić information content (AvgIpc) is 3.54. The molecule has 1 saturated carbocycles. The van der Waals surface area contributed by atoms with Crippen LogP contribution in [0, 0.1) is 17.1 Å². The first-order valence-corrected chi connectivity index (χ1v) is 20.2. The second-order valence-corrected chi connectivity index (χ2v) is 16.0. The van der Waals surface area contributed by atoms with Gasteiger partial charge in [0.1, 0.15) is 23.7 Å². The smallest absolute Gasteiger partial charge is 0.272 e. The second-order valence-electron chi connectivity index (χ2n) is 15.6. The van der Waals surface area contributed by atoms with Crippen LogP contribution in [0.1, 0.15) is 88.9 Å². The summed E-state index contributed by atoms with van der Waals surface area (Å²) in [4.78, 5) is 58.5. The summed E-state index contributed by atoms with van der Waals surface area (Å²) in [6.45, 7) is 5.91. The number of hydrogen-bond donors (Lipinski definition) is 2. The van der Waals surface area contributed by atoms with Crippen molar-refractivity contribution in [2.75, 3.05) is 44.2 Å². The van der Waals surface area contributed by atoms with Crippen molar-refractivity contribution in [1.29, 1.82) is 5.26 Å². The highest BCUT2D eigenvalue weighted by Gasteiger charge is 2.41. The normalized spacial score (nSPS) is 23.5. The zero-order valence-corrected chi connectivity index (χ0v) is 32.3. The van der Waals surface area contributed by atoms with Crippen molar-refractivity contribution >= 4 is 41.0 Å². The third kappa shape index (κ3) is 8.58. The largest absolute Gasteiger partial charge is 0.490 e. The monoisotopic (exact) mass is 797 g/mol. The van der Waals surface area contributed by atoms with Crippen LogP contribution in [0.15, 0.2) is 42.5 Å². The van der Waals surface area contributed by atoms with E-state index in [1.54, 1.807) is 24.3 Å². The molecule has 5 heterocycles. The third-order valence-corrected chi connectivity index (χ3v) is 12.3. The number of anilines is 1. The van der Waals surface area contributed by atoms with Crippen LogP contribution in [-0.4, -0.2) is 112 Å². The molecule has 3 aromatic rings. The molecule has 16 heteroatoms. The van der Waals surface area contributed by atoms with Crippen LogP contribution in [-0.2, 0) is 22.7 Å². The molecule has 5 aliphatic rings. The van der Waals surface area contributed by atoms with Crippen molar-refractivity contribution in [2.24, 2.45) is 0 Å². The SMILES string of the molecule is N#Cc1ccc(O[C@H]2CC[C@H](NC(=O)c3ccc(N4CCC(N5CCN(Cc6cc(F)c7c(c6)CN(C6CCC(=O)NC6=O)C7=O)CC5)CC4)nn3)CC2)cc1Cl. The van der Waals surface area contributed by atoms with E-state index in [2.05, 4.69) is 35.5 Å². The maximum atomic E-state index is 15.3. The van der Waals surface area contributed by atoms with Gasteiger partial charge in [-0.3, -0.25) is 34.3 Å². The molecule has 298 valence electrons. The summed E-state index contributed by atoms with van der Waals surface area (Å²) in [6, 6.07) is 13.8. The highest BCUT2D eigenvalue weighted by atomic mass is 35.5. The molecule has 4 fully saturated rings. The number of imide groups is 1. The molecule has 0 bridgehead atoms. The first-order valence-electron chi connectivity index (χ1n) is 19.8. The van der Waals surface area contributed by atoms with E-state index in [0.29, 0.717) is 40.2 Å². The van der Waals surface area contributed by atoms with E-state index in [-0.39, 0.29) is 48.9 Å². The number of benzene rings is 2. The number of aromatic nitrogens is 2. The maximum absolute atomic E-state index is 15.3. The van der Waals surface area contributed by atoms with Gasteiger partial charge in [-0.25, -0.2) is 4.39 Å². The fourth-order valence-electron chi connectivity index (χ4n) is 8.87. The van der Waals surface area contributed by atoms with Crippen LogP contribution in [0.2, 0.25) is 5.02 Å². The number of amides is 4. The van der Waals surface area contributed by atoms with Gasteiger partial charge in [-0.15, -0.1) is 10.2 Å². The summed E-state index contributed by atoms with van der Waals surface area (Å²) in [6.07, 6.45) is 5.52. The zero-order chi connectivity index (χ0) is 39.6. The maximum Gasteiger partial charge on any atom is 0.272 e. The summed E-state index contributed by atoms with van der Waals surface area (Å²) < 4.78 is 21.3. The van der Waals surface area contributed by atoms with Crippen molar-refractivity contribution in [3.63, 3.8) is 0 Å². The van der Waals surface area contributed by atoms with Gasteiger partial charge in [-0.1, -0.05) is 17.7 Å². The molecule has 8 rings (SSSR count). The molecule has 3 saturated heterocycles. The fourth-order valence-corrected chi connectivity index (χ4v) is 9.08. The van der Waals surface area contributed by atoms with Crippen molar-refractivity contribution in [2.45, 2.75) is 88.7 Å². The van der Waals surface area contributed by atoms with Crippen molar-refractivity contribution < 1.29 is 28.3 Å². The van der Waals surface area contributed by atoms with Gasteiger partial charge in [0.15, 0.2) is 11.5 Å². The van der Waals surface area contributed by atoms with Gasteiger partial charge in [-0.2, -0.15) is 5.26 Å². The quantitative estimate of drug-likeness (QED) is 0.303. The Labute approximate surface area is 335 Å². The number of rotatable bonds is 9. The predicted octanol–water partition coefficient (Wildman–Crippen LogP) is 3.81. The zero-order valence-electron chi connectivity index (χ0n) is 31.6. The van der Waals surface area contributed by atoms with Crippen LogP contribution in [0.5, 0.6) is 5.75 Å². The van der Waals surface area contributed by atoms with E-state index in [1.165, 1.54) is 11.0 Å². The molecule has 0 spiro atoms. The minimum absolute atomic E-state index is 0.0160. The first-order chi connectivity index (χ1) is 27.6. The average molecular weight is 798 g/mol. The number of nitrogens with zero attached hydrogens (tertiary/aromatic N) is 7. The molecule has 57 heavy (non-hydrogen) atoms. The molecular formula is C41H45ClFN9O5. The number of halogens is 2. The van der Waals surface area contributed by atoms with Gasteiger partial charge in [0.25, 0.3) is 11.8 Å². The van der Waals surface area contributed by atoms with Crippen LogP contribution >= 0.6 is 11.6 Å². The fraction of sp³-hybridized carbons (Fsp3) is 0.488. The van der Waals surface area contributed by atoms with Crippen molar-refractivity contribution in [1.82, 2.24) is 35.5 Å². The van der Waals surface area contributed by atoms with Crippen LogP contribution < -0.4 is 20.3 Å². The highest BCUT2D eigenvalue weighted by molar-refractivity contribution is 6.31. The van der Waals surface area contributed by atoms with Gasteiger partial charge < -0.3 is 19.9 Å². The number of nitrogens with one attached hydrogen (secondary N) is 2. The molecule has 14 nitrogen and oxygen atoms in total. The number of carbonyl (C=O) groups excluding carboxylic acids is 4. The molecular weight excluding hydrogens is 753 g/mol. The Balaban J connectivity index is 0.755. The van der Waals surface area contributed by atoms with Crippen LogP contribution in [0.3, 0.4) is 0 Å². The van der Waals surface area contributed by atoms with E-state index in [9.17, 15) is 19.2 Å². The molecule has 1 aliphatic carbocycles. The number of hydrogen-bond acceptors (Lipinski definition) is 11. The van der Waals surface area contributed by atoms with E-state index in [1.807, 2.05) is 18.2 Å². The van der Waals surface area contributed by atoms with Crippen molar-refractivity contribution in [3.05, 3.63) is 81.3 Å². The summed E-state index contributed by atoms with van der Waals surface area (Å²) in [5, 5.41) is 23.5. The molecule has 1 unspecified atom stereocenters. The lowest BCUT2D eigenvalue weighted by Crippen LogP contribution is -2.53. The lowest BCUT2D eigenvalue weighted by molar-refractivity contribution is -0.136. The Hall–Kier alpha value is -5.17.